The average molecular weight is 292 g/mol. The molecule has 1 aromatic carbocycles. The number of hydrogen-bond donors (Lipinski definition) is 0. The van der Waals surface area contributed by atoms with Crippen LogP contribution in [0, 0.1) is 0 Å². The van der Waals surface area contributed by atoms with E-state index in [0.29, 0.717) is 4.83 Å². The summed E-state index contributed by atoms with van der Waals surface area (Å²) in [5, 5.41) is 0.957. The van der Waals surface area contributed by atoms with Gasteiger partial charge in [0, 0.05) is 10.2 Å². The molecule has 0 spiro atoms. The molecule has 1 aromatic rings. The summed E-state index contributed by atoms with van der Waals surface area (Å²) < 4.78 is 0. The molecule has 66 valence electrons. The van der Waals surface area contributed by atoms with Gasteiger partial charge in [0.2, 0.25) is 0 Å². The summed E-state index contributed by atoms with van der Waals surface area (Å²) >= 11 is 7.02. The normalized spacial score (nSPS) is 12.9. The fraction of sp³-hybridized carbons (Fsp3) is 0.400. The summed E-state index contributed by atoms with van der Waals surface area (Å²) in [5.41, 5.74) is 2.73. The first-order chi connectivity index (χ1) is 5.77. The zero-order valence-corrected chi connectivity index (χ0v) is 10.2. The summed E-state index contributed by atoms with van der Waals surface area (Å²) in [7, 11) is 0. The van der Waals surface area contributed by atoms with Crippen LogP contribution in [0.15, 0.2) is 24.3 Å². The van der Waals surface area contributed by atoms with E-state index in [-0.39, 0.29) is 0 Å². The lowest BCUT2D eigenvalue weighted by molar-refractivity contribution is 1.11. The van der Waals surface area contributed by atoms with Crippen molar-refractivity contribution < 1.29 is 0 Å². The molecule has 1 unspecified atom stereocenters. The van der Waals surface area contributed by atoms with E-state index in [1.165, 1.54) is 11.1 Å². The molecule has 0 fully saturated rings. The van der Waals surface area contributed by atoms with Crippen molar-refractivity contribution in [2.45, 2.75) is 18.2 Å². The van der Waals surface area contributed by atoms with Crippen molar-refractivity contribution in [1.29, 1.82) is 0 Å². The highest BCUT2D eigenvalue weighted by Crippen LogP contribution is 2.24. The lowest BCUT2D eigenvalue weighted by atomic mass is 10.1. The molecular formula is C10H12Br2. The summed E-state index contributed by atoms with van der Waals surface area (Å²) in [4.78, 5) is 0.434. The third-order valence-corrected chi connectivity index (χ3v) is 4.25. The Morgan fingerprint density at radius 2 is 1.83 bits per heavy atom. The van der Waals surface area contributed by atoms with Crippen LogP contribution in [0.3, 0.4) is 0 Å². The molecule has 0 aliphatic heterocycles. The van der Waals surface area contributed by atoms with Crippen LogP contribution < -0.4 is 0 Å². The SMILES string of the molecule is CCc1ccc(C(Br)CBr)cc1. The number of aryl methyl sites for hydroxylation is 1. The zero-order chi connectivity index (χ0) is 8.97. The van der Waals surface area contributed by atoms with Crippen LogP contribution in [-0.2, 0) is 6.42 Å². The first kappa shape index (κ1) is 10.3. The molecule has 0 amide bonds. The van der Waals surface area contributed by atoms with E-state index < -0.39 is 0 Å². The van der Waals surface area contributed by atoms with Crippen LogP contribution >= 0.6 is 31.9 Å². The third kappa shape index (κ3) is 2.60. The Labute approximate surface area is 90.6 Å². The van der Waals surface area contributed by atoms with Gasteiger partial charge in [-0.1, -0.05) is 63.0 Å². The quantitative estimate of drug-likeness (QED) is 0.736. The molecule has 0 radical (unpaired) electrons. The molecule has 0 aliphatic rings. The van der Waals surface area contributed by atoms with Crippen molar-refractivity contribution in [3.8, 4) is 0 Å². The minimum atomic E-state index is 0.434. The fourth-order valence-electron chi connectivity index (χ4n) is 1.05. The summed E-state index contributed by atoms with van der Waals surface area (Å²) in [6.45, 7) is 2.17. The van der Waals surface area contributed by atoms with E-state index >= 15 is 0 Å². The number of benzene rings is 1. The first-order valence-corrected chi connectivity index (χ1v) is 6.10. The Hall–Kier alpha value is 0.180. The van der Waals surface area contributed by atoms with Crippen LogP contribution in [0.25, 0.3) is 0 Å². The largest absolute Gasteiger partial charge is 0.0912 e. The topological polar surface area (TPSA) is 0 Å². The fourth-order valence-corrected chi connectivity index (χ4v) is 1.73. The molecule has 0 N–H and O–H groups in total. The van der Waals surface area contributed by atoms with E-state index in [4.69, 9.17) is 0 Å². The van der Waals surface area contributed by atoms with Crippen molar-refractivity contribution in [2.24, 2.45) is 0 Å². The highest BCUT2D eigenvalue weighted by atomic mass is 79.9. The van der Waals surface area contributed by atoms with Crippen LogP contribution in [0.2, 0.25) is 0 Å². The smallest absolute Gasteiger partial charge is 0.0492 e. The van der Waals surface area contributed by atoms with Gasteiger partial charge in [0.05, 0.1) is 0 Å². The Balaban J connectivity index is 2.77. The van der Waals surface area contributed by atoms with Crippen molar-refractivity contribution in [3.05, 3.63) is 35.4 Å². The predicted molar refractivity (Wildman–Crippen MR) is 61.3 cm³/mol. The molecule has 12 heavy (non-hydrogen) atoms. The number of rotatable bonds is 3. The number of alkyl halides is 2. The van der Waals surface area contributed by atoms with Crippen molar-refractivity contribution in [3.63, 3.8) is 0 Å². The van der Waals surface area contributed by atoms with Gasteiger partial charge in [-0.05, 0) is 17.5 Å². The van der Waals surface area contributed by atoms with Crippen molar-refractivity contribution in [1.82, 2.24) is 0 Å². The summed E-state index contributed by atoms with van der Waals surface area (Å²) in [5.74, 6) is 0. The van der Waals surface area contributed by atoms with Gasteiger partial charge >= 0.3 is 0 Å². The zero-order valence-electron chi connectivity index (χ0n) is 7.06. The average Bonchev–Trinajstić information content (AvgIpc) is 2.17. The molecule has 1 atom stereocenters. The highest BCUT2D eigenvalue weighted by molar-refractivity contribution is 9.12. The third-order valence-electron chi connectivity index (χ3n) is 1.89. The molecule has 0 saturated carbocycles. The molecule has 0 aliphatic carbocycles. The van der Waals surface area contributed by atoms with Gasteiger partial charge in [0.15, 0.2) is 0 Å². The predicted octanol–water partition coefficient (Wildman–Crippen LogP) is 4.08. The first-order valence-electron chi connectivity index (χ1n) is 4.06. The maximum absolute atomic E-state index is 3.58. The molecule has 0 bridgehead atoms. The maximum Gasteiger partial charge on any atom is 0.0492 e. The lowest BCUT2D eigenvalue weighted by Crippen LogP contribution is -1.90. The molecule has 0 heterocycles. The standard InChI is InChI=1S/C10H12Br2/c1-2-8-3-5-9(6-4-8)10(12)7-11/h3-6,10H,2,7H2,1H3. The number of hydrogen-bond acceptors (Lipinski definition) is 0. The van der Waals surface area contributed by atoms with Crippen LogP contribution in [0.4, 0.5) is 0 Å². The van der Waals surface area contributed by atoms with Gasteiger partial charge in [-0.2, -0.15) is 0 Å². The van der Waals surface area contributed by atoms with Gasteiger partial charge in [-0.25, -0.2) is 0 Å². The van der Waals surface area contributed by atoms with Gasteiger partial charge in [-0.3, -0.25) is 0 Å². The van der Waals surface area contributed by atoms with E-state index in [9.17, 15) is 0 Å². The van der Waals surface area contributed by atoms with E-state index in [1.54, 1.807) is 0 Å². The number of halogens is 2. The van der Waals surface area contributed by atoms with E-state index in [1.807, 2.05) is 0 Å². The van der Waals surface area contributed by atoms with Crippen LogP contribution in [-0.4, -0.2) is 5.33 Å². The summed E-state index contributed by atoms with van der Waals surface area (Å²) in [6, 6.07) is 8.73. The van der Waals surface area contributed by atoms with Crippen molar-refractivity contribution in [2.75, 3.05) is 5.33 Å². The second-order valence-electron chi connectivity index (χ2n) is 2.72. The molecule has 2 heteroatoms. The highest BCUT2D eigenvalue weighted by Gasteiger charge is 2.03. The molecule has 0 nitrogen and oxygen atoms in total. The Bertz CT molecular complexity index is 228. The van der Waals surface area contributed by atoms with Crippen LogP contribution in [0.1, 0.15) is 22.9 Å². The lowest BCUT2D eigenvalue weighted by Gasteiger charge is -2.06. The van der Waals surface area contributed by atoms with Gasteiger partial charge < -0.3 is 0 Å². The van der Waals surface area contributed by atoms with Gasteiger partial charge in [0.25, 0.3) is 0 Å². The van der Waals surface area contributed by atoms with Gasteiger partial charge in [-0.15, -0.1) is 0 Å². The summed E-state index contributed by atoms with van der Waals surface area (Å²) in [6.07, 6.45) is 1.11. The maximum atomic E-state index is 3.58. The van der Waals surface area contributed by atoms with E-state index in [2.05, 4.69) is 63.0 Å². The van der Waals surface area contributed by atoms with Crippen molar-refractivity contribution >= 4 is 31.9 Å². The van der Waals surface area contributed by atoms with Gasteiger partial charge in [0.1, 0.15) is 0 Å². The monoisotopic (exact) mass is 290 g/mol. The molecule has 1 rings (SSSR count). The minimum Gasteiger partial charge on any atom is -0.0912 e. The minimum absolute atomic E-state index is 0.434. The van der Waals surface area contributed by atoms with Crippen LogP contribution in [0.5, 0.6) is 0 Å². The molecule has 0 saturated heterocycles. The second kappa shape index (κ2) is 5.03. The second-order valence-corrected chi connectivity index (χ2v) is 4.47. The van der Waals surface area contributed by atoms with E-state index in [0.717, 1.165) is 11.8 Å². The molecular weight excluding hydrogens is 280 g/mol. The Morgan fingerprint density at radius 1 is 1.25 bits per heavy atom. The molecule has 0 aromatic heterocycles. The Kier molecular flexibility index (Phi) is 4.30. The Morgan fingerprint density at radius 3 is 2.25 bits per heavy atom.